The van der Waals surface area contributed by atoms with Gasteiger partial charge in [0, 0.05) is 0 Å². The minimum absolute atomic E-state index is 0.0490. The molecular formula is C22H17N5O3. The van der Waals surface area contributed by atoms with Gasteiger partial charge in [0.25, 0.3) is 5.56 Å². The molecule has 0 aliphatic rings. The number of anilines is 1. The number of fused-ring (bicyclic) bond motifs is 1. The second kappa shape index (κ2) is 7.93. The molecule has 0 spiro atoms. The molecule has 0 radical (unpaired) electrons. The molecule has 0 fully saturated rings. The molecule has 4 aromatic rings. The Balaban J connectivity index is 1.69. The van der Waals surface area contributed by atoms with Crippen LogP contribution in [0.15, 0.2) is 68.9 Å². The van der Waals surface area contributed by atoms with E-state index in [4.69, 9.17) is 4.42 Å². The van der Waals surface area contributed by atoms with Crippen molar-refractivity contribution in [3.8, 4) is 11.9 Å². The molecule has 2 aromatic heterocycles. The molecule has 0 aliphatic heterocycles. The predicted molar refractivity (Wildman–Crippen MR) is 113 cm³/mol. The highest BCUT2D eigenvalue weighted by Gasteiger charge is 2.18. The van der Waals surface area contributed by atoms with Gasteiger partial charge in [-0.25, -0.2) is 5.43 Å². The molecule has 8 nitrogen and oxygen atoms in total. The standard InChI is InChI=1S/C22H17N5O3/c1-14-16(11-23)20(28)27(13-15-7-3-2-4-8-15)21(29)17(14)12-24-26-22-25-18-9-5-6-10-19(18)30-22/h2-10,12,29H,13H2,1H3,(H,25,26)/b24-12+. The van der Waals surface area contributed by atoms with Crippen LogP contribution in [-0.2, 0) is 6.54 Å². The van der Waals surface area contributed by atoms with Gasteiger partial charge in [-0.3, -0.25) is 9.36 Å². The highest BCUT2D eigenvalue weighted by molar-refractivity contribution is 5.86. The first kappa shape index (κ1) is 19.0. The Labute approximate surface area is 171 Å². The van der Waals surface area contributed by atoms with E-state index in [1.165, 1.54) is 6.21 Å². The van der Waals surface area contributed by atoms with Crippen LogP contribution in [-0.4, -0.2) is 20.9 Å². The zero-order chi connectivity index (χ0) is 21.1. The van der Waals surface area contributed by atoms with Crippen LogP contribution in [0.2, 0.25) is 0 Å². The molecule has 4 rings (SSSR count). The lowest BCUT2D eigenvalue weighted by atomic mass is 10.1. The lowest BCUT2D eigenvalue weighted by Gasteiger charge is -2.14. The molecular weight excluding hydrogens is 382 g/mol. The summed E-state index contributed by atoms with van der Waals surface area (Å²) in [5.41, 5.74) is 4.76. The second-order valence-corrected chi connectivity index (χ2v) is 6.58. The number of oxazole rings is 1. The van der Waals surface area contributed by atoms with Gasteiger partial charge in [-0.05, 0) is 30.2 Å². The van der Waals surface area contributed by atoms with Crippen LogP contribution in [0.25, 0.3) is 11.1 Å². The van der Waals surface area contributed by atoms with Gasteiger partial charge in [0.1, 0.15) is 17.1 Å². The number of hydrazone groups is 1. The van der Waals surface area contributed by atoms with Crippen molar-refractivity contribution in [3.05, 3.63) is 87.2 Å². The van der Waals surface area contributed by atoms with Crippen molar-refractivity contribution in [3.63, 3.8) is 0 Å². The van der Waals surface area contributed by atoms with Crippen molar-refractivity contribution in [2.45, 2.75) is 13.5 Å². The van der Waals surface area contributed by atoms with Gasteiger partial charge < -0.3 is 9.52 Å². The van der Waals surface area contributed by atoms with E-state index in [0.717, 1.165) is 10.1 Å². The normalized spacial score (nSPS) is 11.1. The largest absolute Gasteiger partial charge is 0.494 e. The first-order chi connectivity index (χ1) is 14.6. The molecule has 148 valence electrons. The summed E-state index contributed by atoms with van der Waals surface area (Å²) in [4.78, 5) is 16.9. The maximum atomic E-state index is 12.7. The van der Waals surface area contributed by atoms with Crippen LogP contribution in [0.3, 0.4) is 0 Å². The maximum absolute atomic E-state index is 12.7. The first-order valence-corrected chi connectivity index (χ1v) is 9.13. The topological polar surface area (TPSA) is 116 Å². The van der Waals surface area contributed by atoms with Crippen LogP contribution >= 0.6 is 0 Å². The summed E-state index contributed by atoms with van der Waals surface area (Å²) in [6, 6.07) is 18.6. The number of nitrogens with one attached hydrogen (secondary N) is 1. The Morgan fingerprint density at radius 2 is 1.97 bits per heavy atom. The van der Waals surface area contributed by atoms with Crippen molar-refractivity contribution < 1.29 is 9.52 Å². The number of benzene rings is 2. The minimum Gasteiger partial charge on any atom is -0.494 e. The molecule has 0 saturated carbocycles. The number of para-hydroxylation sites is 2. The highest BCUT2D eigenvalue weighted by Crippen LogP contribution is 2.22. The fourth-order valence-corrected chi connectivity index (χ4v) is 3.11. The summed E-state index contributed by atoms with van der Waals surface area (Å²) in [5.74, 6) is -0.275. The third-order valence-electron chi connectivity index (χ3n) is 4.68. The third kappa shape index (κ3) is 3.52. The lowest BCUT2D eigenvalue weighted by Crippen LogP contribution is -2.26. The quantitative estimate of drug-likeness (QED) is 0.393. The summed E-state index contributed by atoms with van der Waals surface area (Å²) < 4.78 is 6.68. The number of pyridine rings is 1. The number of hydrogen-bond acceptors (Lipinski definition) is 7. The van der Waals surface area contributed by atoms with Crippen molar-refractivity contribution >= 4 is 23.3 Å². The van der Waals surface area contributed by atoms with Gasteiger partial charge in [-0.2, -0.15) is 15.3 Å². The number of hydrogen-bond donors (Lipinski definition) is 2. The highest BCUT2D eigenvalue weighted by atomic mass is 16.4. The van der Waals surface area contributed by atoms with E-state index in [0.29, 0.717) is 16.7 Å². The smallest absolute Gasteiger partial charge is 0.316 e. The Morgan fingerprint density at radius 3 is 2.70 bits per heavy atom. The van der Waals surface area contributed by atoms with E-state index in [2.05, 4.69) is 15.5 Å². The molecule has 2 heterocycles. The number of nitrogens with zero attached hydrogens (tertiary/aromatic N) is 4. The molecule has 0 amide bonds. The fourth-order valence-electron chi connectivity index (χ4n) is 3.11. The van der Waals surface area contributed by atoms with Gasteiger partial charge in [0.2, 0.25) is 5.88 Å². The van der Waals surface area contributed by atoms with E-state index in [1.54, 1.807) is 13.0 Å². The molecule has 0 saturated heterocycles. The predicted octanol–water partition coefficient (Wildman–Crippen LogP) is 3.37. The zero-order valence-electron chi connectivity index (χ0n) is 16.0. The third-order valence-corrected chi connectivity index (χ3v) is 4.68. The fraction of sp³-hybridized carbons (Fsp3) is 0.0909. The molecule has 2 N–H and O–H groups in total. The lowest BCUT2D eigenvalue weighted by molar-refractivity contribution is 0.413. The van der Waals surface area contributed by atoms with E-state index >= 15 is 0 Å². The molecule has 0 atom stereocenters. The van der Waals surface area contributed by atoms with Crippen LogP contribution in [0.5, 0.6) is 5.88 Å². The van der Waals surface area contributed by atoms with Crippen LogP contribution < -0.4 is 11.0 Å². The van der Waals surface area contributed by atoms with E-state index < -0.39 is 5.56 Å². The minimum atomic E-state index is -0.555. The summed E-state index contributed by atoms with van der Waals surface area (Å²) in [6.07, 6.45) is 1.33. The van der Waals surface area contributed by atoms with E-state index in [1.807, 2.05) is 54.6 Å². The van der Waals surface area contributed by atoms with Gasteiger partial charge in [-0.1, -0.05) is 42.5 Å². The summed E-state index contributed by atoms with van der Waals surface area (Å²) in [7, 11) is 0. The summed E-state index contributed by atoms with van der Waals surface area (Å²) >= 11 is 0. The summed E-state index contributed by atoms with van der Waals surface area (Å²) in [6.45, 7) is 1.72. The molecule has 30 heavy (non-hydrogen) atoms. The van der Waals surface area contributed by atoms with Gasteiger partial charge >= 0.3 is 6.01 Å². The molecule has 0 aliphatic carbocycles. The number of rotatable bonds is 5. The Kier molecular flexibility index (Phi) is 5.01. The SMILES string of the molecule is Cc1c(/C=N/Nc2nc3ccccc3o2)c(O)n(Cc2ccccc2)c(=O)c1C#N. The molecule has 8 heteroatoms. The molecule has 0 bridgehead atoms. The number of nitriles is 1. The monoisotopic (exact) mass is 399 g/mol. The summed E-state index contributed by atoms with van der Waals surface area (Å²) in [5, 5.41) is 24.3. The van der Waals surface area contributed by atoms with E-state index in [-0.39, 0.29) is 29.6 Å². The van der Waals surface area contributed by atoms with Crippen LogP contribution in [0.1, 0.15) is 22.3 Å². The van der Waals surface area contributed by atoms with E-state index in [9.17, 15) is 15.2 Å². The first-order valence-electron chi connectivity index (χ1n) is 9.13. The zero-order valence-corrected chi connectivity index (χ0v) is 16.0. The Hall–Kier alpha value is -4.38. The molecule has 0 unspecified atom stereocenters. The average molecular weight is 399 g/mol. The maximum Gasteiger partial charge on any atom is 0.316 e. The van der Waals surface area contributed by atoms with Gasteiger partial charge in [0.05, 0.1) is 18.3 Å². The second-order valence-electron chi connectivity index (χ2n) is 6.58. The van der Waals surface area contributed by atoms with Crippen molar-refractivity contribution in [1.82, 2.24) is 9.55 Å². The van der Waals surface area contributed by atoms with Crippen molar-refractivity contribution in [2.24, 2.45) is 5.10 Å². The number of aromatic hydroxyl groups is 1. The van der Waals surface area contributed by atoms with Crippen LogP contribution in [0.4, 0.5) is 6.01 Å². The Morgan fingerprint density at radius 1 is 1.23 bits per heavy atom. The Bertz CT molecular complexity index is 1310. The van der Waals surface area contributed by atoms with Gasteiger partial charge in [-0.15, -0.1) is 0 Å². The average Bonchev–Trinajstić information content (AvgIpc) is 3.17. The van der Waals surface area contributed by atoms with Crippen molar-refractivity contribution in [2.75, 3.05) is 5.43 Å². The molecule has 2 aromatic carbocycles. The van der Waals surface area contributed by atoms with Crippen molar-refractivity contribution in [1.29, 1.82) is 5.26 Å². The van der Waals surface area contributed by atoms with Crippen LogP contribution in [0, 0.1) is 18.3 Å². The number of aromatic nitrogens is 2. The van der Waals surface area contributed by atoms with Gasteiger partial charge in [0.15, 0.2) is 5.58 Å².